The average Bonchev–Trinajstić information content (AvgIpc) is 1.78. The molecule has 6 N–H and O–H groups in total. The van der Waals surface area contributed by atoms with Crippen LogP contribution in [0.1, 0.15) is 81.8 Å². The second kappa shape index (κ2) is 32.5. The Morgan fingerprint density at radius 1 is 0.583 bits per heavy atom. The number of nitrogens with one attached hydrogen (secondary N) is 4. The fourth-order valence-corrected chi connectivity index (χ4v) is 11.3. The van der Waals surface area contributed by atoms with Crippen molar-refractivity contribution in [2.75, 3.05) is 81.8 Å². The summed E-state index contributed by atoms with van der Waals surface area (Å²) in [5, 5.41) is 41.9. The van der Waals surface area contributed by atoms with Gasteiger partial charge in [0.2, 0.25) is 35.4 Å². The Labute approximate surface area is 588 Å². The summed E-state index contributed by atoms with van der Waals surface area (Å²) >= 11 is 0. The van der Waals surface area contributed by atoms with Gasteiger partial charge in [-0.15, -0.1) is 0 Å². The molecule has 0 radical (unpaired) electrons. The van der Waals surface area contributed by atoms with Gasteiger partial charge in [0.05, 0.1) is 92.0 Å². The summed E-state index contributed by atoms with van der Waals surface area (Å²) in [6, 6.07) is -2.98. The molecule has 103 heavy (non-hydrogen) atoms. The van der Waals surface area contributed by atoms with E-state index in [1.54, 1.807) is 6.92 Å². The Kier molecular flexibility index (Phi) is 24.4. The predicted octanol–water partition coefficient (Wildman–Crippen LogP) is -3.39. The van der Waals surface area contributed by atoms with Crippen LogP contribution in [0.4, 0.5) is 0 Å². The lowest BCUT2D eigenvalue weighted by Crippen LogP contribution is -2.62. The third-order valence-electron chi connectivity index (χ3n) is 17.0. The number of benzene rings is 2. The number of hydrogen-bond acceptors (Lipinski definition) is 28. The highest BCUT2D eigenvalue weighted by Gasteiger charge is 2.50. The summed E-state index contributed by atoms with van der Waals surface area (Å²) in [4.78, 5) is 220. The number of carbonyl (C=O) groups excluding carboxylic acids is 14. The van der Waals surface area contributed by atoms with E-state index in [9.17, 15) is 67.7 Å². The number of nitrogens with zero attached hydrogens (tertiary/aromatic N) is 12. The number of rotatable bonds is 11. The third-order valence-corrected chi connectivity index (χ3v) is 17.0. The van der Waals surface area contributed by atoms with Crippen LogP contribution in [-0.2, 0) is 76.5 Å². The van der Waals surface area contributed by atoms with Gasteiger partial charge in [-0.2, -0.15) is 10.2 Å². The fraction of sp³-hybridized carbons (Fsp3) is 0.508. The zero-order valence-electron chi connectivity index (χ0n) is 58.3. The minimum Gasteiger partial charge on any atom is -0.497 e. The Morgan fingerprint density at radius 2 is 0.971 bits per heavy atom. The minimum atomic E-state index is -2.21. The normalized spacial score (nSPS) is 24.5. The zero-order chi connectivity index (χ0) is 75.7. The molecule has 8 rings (SSSR count). The molecule has 552 valence electrons. The number of likely N-dealkylation sites (N-methyl/N-ethyl adjacent to an activating group) is 4. The van der Waals surface area contributed by atoms with Crippen molar-refractivity contribution in [3.8, 4) is 11.5 Å². The Morgan fingerprint density at radius 3 is 1.33 bits per heavy atom. The third kappa shape index (κ3) is 18.8. The van der Waals surface area contributed by atoms with Gasteiger partial charge in [-0.25, -0.2) is 29.6 Å². The standard InChI is InChI=1S/C65H80N16O22/c1-32-21-36(32)61(93)103-46-18-20-71-81-52(46)58(90)69-27-48(84)77(8)29-50(86)79(10)53(64(3,4)96)62(94)100-30-43(74-55(87)41-24-66-39-22-34(98-11)13-15-37(39)72-41)59(91)80-51(45(17-19-70-80)102-33(2)82)57(89)68-26-47(83)76(7)28-49(85)78(9)54(65(5,6)97)63(95)101-31-44(60(81)92)75-56(88)42-25-67-40-23-35(99-12)14-16-38(40)73-42/h13-16,19-20,22-25,32,36,43-46,51-54,96-97H,17-18,21,26-31H2,1-12H3,(H,68,89)(H,69,90)(H,74,87)(H,75,88). The molecule has 38 nitrogen and oxygen atoms in total. The van der Waals surface area contributed by atoms with E-state index in [0.29, 0.717) is 37.7 Å². The van der Waals surface area contributed by atoms with Crippen molar-refractivity contribution < 1.29 is 106 Å². The molecular formula is C65H80N16O22. The lowest BCUT2D eigenvalue weighted by atomic mass is 9.97. The van der Waals surface area contributed by atoms with Crippen LogP contribution in [0.5, 0.6) is 11.5 Å². The second-order valence-corrected chi connectivity index (χ2v) is 25.9. The highest BCUT2D eigenvalue weighted by molar-refractivity contribution is 6.02. The van der Waals surface area contributed by atoms with E-state index in [2.05, 4.69) is 51.4 Å². The van der Waals surface area contributed by atoms with Crippen LogP contribution in [0.2, 0.25) is 0 Å². The van der Waals surface area contributed by atoms with Gasteiger partial charge in [0.25, 0.3) is 23.6 Å². The summed E-state index contributed by atoms with van der Waals surface area (Å²) in [6.07, 6.45) is 1.01. The van der Waals surface area contributed by atoms with Crippen molar-refractivity contribution in [2.24, 2.45) is 22.0 Å². The molecule has 4 aliphatic rings. The van der Waals surface area contributed by atoms with E-state index in [1.807, 2.05) is 0 Å². The number of aromatic nitrogens is 4. The van der Waals surface area contributed by atoms with E-state index >= 15 is 9.59 Å². The molecule has 0 bridgehead atoms. The van der Waals surface area contributed by atoms with Gasteiger partial charge in [-0.05, 0) is 64.3 Å². The van der Waals surface area contributed by atoms with Crippen LogP contribution < -0.4 is 30.7 Å². The first kappa shape index (κ1) is 77.3. The van der Waals surface area contributed by atoms with E-state index in [0.717, 1.165) is 97.4 Å². The number of fused-ring (bicyclic) bond motifs is 4. The molecule has 10 amide bonds. The number of hydrazone groups is 2. The first-order valence-electron chi connectivity index (χ1n) is 32.2. The molecule has 2 aromatic heterocycles. The smallest absolute Gasteiger partial charge is 0.331 e. The van der Waals surface area contributed by atoms with Crippen LogP contribution in [0.3, 0.4) is 0 Å². The van der Waals surface area contributed by atoms with Gasteiger partial charge in [-0.1, -0.05) is 6.92 Å². The molecule has 0 spiro atoms. The van der Waals surface area contributed by atoms with Gasteiger partial charge in [0.15, 0.2) is 24.2 Å². The molecule has 2 fully saturated rings. The lowest BCUT2D eigenvalue weighted by molar-refractivity contribution is -0.168. The molecular weight excluding hydrogens is 1360 g/mol. The highest BCUT2D eigenvalue weighted by Crippen LogP contribution is 2.39. The number of methoxy groups -OCH3 is 2. The van der Waals surface area contributed by atoms with Crippen LogP contribution in [-0.4, -0.2) is 297 Å². The fourth-order valence-electron chi connectivity index (χ4n) is 11.3. The molecule has 4 aromatic rings. The van der Waals surface area contributed by atoms with Crippen LogP contribution in [0.25, 0.3) is 22.1 Å². The van der Waals surface area contributed by atoms with Crippen LogP contribution in [0.15, 0.2) is 59.0 Å². The van der Waals surface area contributed by atoms with E-state index < -0.39 is 199 Å². The number of ether oxygens (including phenoxy) is 6. The summed E-state index contributed by atoms with van der Waals surface area (Å²) in [5.41, 5.74) is -4.26. The number of cyclic esters (lactones) is 2. The number of carbonyl (C=O) groups is 14. The number of aliphatic hydroxyl groups is 2. The summed E-state index contributed by atoms with van der Waals surface area (Å²) < 4.78 is 33.1. The molecule has 1 saturated carbocycles. The number of esters is 4. The second-order valence-electron chi connectivity index (χ2n) is 25.9. The maximum atomic E-state index is 15.2. The van der Waals surface area contributed by atoms with Crippen molar-refractivity contribution in [3.63, 3.8) is 0 Å². The van der Waals surface area contributed by atoms with E-state index in [1.165, 1.54) is 50.6 Å². The van der Waals surface area contributed by atoms with Crippen molar-refractivity contribution >= 4 is 117 Å². The molecule has 5 heterocycles. The molecule has 1 saturated heterocycles. The molecule has 38 heteroatoms. The van der Waals surface area contributed by atoms with Gasteiger partial charge >= 0.3 is 23.9 Å². The van der Waals surface area contributed by atoms with Crippen LogP contribution in [0, 0.1) is 11.8 Å². The average molecular weight is 1440 g/mol. The monoisotopic (exact) mass is 1440 g/mol. The molecule has 10 atom stereocenters. The summed E-state index contributed by atoms with van der Waals surface area (Å²) in [6.45, 7) is 1.26. The zero-order valence-corrected chi connectivity index (χ0v) is 58.3. The maximum absolute atomic E-state index is 15.2. The Balaban J connectivity index is 1.15. The maximum Gasteiger partial charge on any atom is 0.331 e. The first-order chi connectivity index (χ1) is 48.5. The highest BCUT2D eigenvalue weighted by atomic mass is 16.6. The van der Waals surface area contributed by atoms with Gasteiger partial charge in [0, 0.05) is 72.5 Å². The molecule has 3 aliphatic heterocycles. The quantitative estimate of drug-likeness (QED) is 0.0630. The SMILES string of the molecule is COc1ccc2nc(C(=O)NC3COC(=O)C(C(C)(C)O)N(C)C(=O)CN(C)C(=O)CNC(=O)C4C(OC(=O)C5CC5C)CC=NN4C(=O)C(NC(=O)c4cnc5cc(OC)ccc5n4)COC(=O)C(C(C)(C)O)N(C)C(=O)CN(C)C(=O)CNC(=O)C4C(OC(C)=O)CC=NN4C3=O)cnc2c1. The predicted molar refractivity (Wildman–Crippen MR) is 354 cm³/mol. The lowest BCUT2D eigenvalue weighted by Gasteiger charge is -2.37. The van der Waals surface area contributed by atoms with Gasteiger partial charge < -0.3 is 79.5 Å². The van der Waals surface area contributed by atoms with Crippen LogP contribution >= 0.6 is 0 Å². The largest absolute Gasteiger partial charge is 0.497 e. The van der Waals surface area contributed by atoms with Crippen molar-refractivity contribution in [1.29, 1.82) is 0 Å². The summed E-state index contributed by atoms with van der Waals surface area (Å²) in [7, 11) is 7.20. The molecule has 2 aromatic carbocycles. The van der Waals surface area contributed by atoms with E-state index in [-0.39, 0.29) is 40.8 Å². The topological polar surface area (TPSA) is 479 Å². The van der Waals surface area contributed by atoms with E-state index in [4.69, 9.17) is 28.4 Å². The van der Waals surface area contributed by atoms with Crippen molar-refractivity contribution in [2.45, 2.75) is 120 Å². The summed E-state index contributed by atoms with van der Waals surface area (Å²) in [5.74, 6) is -15.8. The Bertz CT molecular complexity index is 4080. The minimum absolute atomic E-state index is 0.112. The number of amides is 10. The molecule has 10 unspecified atom stereocenters. The van der Waals surface area contributed by atoms with Crippen molar-refractivity contribution in [3.05, 3.63) is 60.2 Å². The Hall–Kier alpha value is -11.4. The van der Waals surface area contributed by atoms with Gasteiger partial charge in [-0.3, -0.25) is 67.5 Å². The molecule has 1 aliphatic carbocycles. The first-order valence-corrected chi connectivity index (χ1v) is 32.2. The van der Waals surface area contributed by atoms with Gasteiger partial charge in [0.1, 0.15) is 60.4 Å². The number of hydrogen-bond donors (Lipinski definition) is 6. The van der Waals surface area contributed by atoms with Crippen molar-refractivity contribution in [1.82, 2.24) is 70.8 Å².